The van der Waals surface area contributed by atoms with E-state index in [1.54, 1.807) is 12.1 Å². The van der Waals surface area contributed by atoms with E-state index in [4.69, 9.17) is 9.47 Å². The Hall–Kier alpha value is -5.19. The number of non-ortho nitro benzene ring substituents is 1. The van der Waals surface area contributed by atoms with E-state index in [1.165, 1.54) is 24.3 Å². The maximum absolute atomic E-state index is 13.1. The Bertz CT molecular complexity index is 1470. The molecule has 0 bridgehead atoms. The first-order chi connectivity index (χ1) is 19.4. The Labute approximate surface area is 231 Å². The van der Waals surface area contributed by atoms with Crippen molar-refractivity contribution < 1.29 is 19.2 Å². The molecular weight excluding hydrogens is 512 g/mol. The van der Waals surface area contributed by atoms with E-state index in [9.17, 15) is 14.9 Å². The van der Waals surface area contributed by atoms with Gasteiger partial charge in [0, 0.05) is 31.3 Å². The molecule has 0 saturated heterocycles. The summed E-state index contributed by atoms with van der Waals surface area (Å²) in [4.78, 5) is 28.2. The number of nitrogens with zero attached hydrogens (tertiary/aromatic N) is 4. The molecule has 206 valence electrons. The van der Waals surface area contributed by atoms with Crippen molar-refractivity contribution in [2.45, 2.75) is 26.9 Å². The Morgan fingerprint density at radius 1 is 0.925 bits per heavy atom. The van der Waals surface area contributed by atoms with Crippen molar-refractivity contribution in [3.8, 4) is 11.5 Å². The van der Waals surface area contributed by atoms with Crippen molar-refractivity contribution in [3.05, 3.63) is 106 Å². The van der Waals surface area contributed by atoms with Crippen LogP contribution in [0.15, 0.2) is 78.9 Å². The number of rotatable bonds is 13. The molecule has 4 rings (SSSR count). The summed E-state index contributed by atoms with van der Waals surface area (Å²) in [5, 5.41) is 21.8. The number of aromatic nitrogens is 3. The van der Waals surface area contributed by atoms with Gasteiger partial charge in [-0.3, -0.25) is 14.9 Å². The second kappa shape index (κ2) is 13.6. The molecule has 4 aromatic rings. The zero-order valence-corrected chi connectivity index (χ0v) is 22.2. The van der Waals surface area contributed by atoms with Gasteiger partial charge in [0.15, 0.2) is 0 Å². The fourth-order valence-corrected chi connectivity index (χ4v) is 3.74. The first-order valence-electron chi connectivity index (χ1n) is 12.8. The van der Waals surface area contributed by atoms with Crippen LogP contribution in [0.25, 0.3) is 6.08 Å². The lowest BCUT2D eigenvalue weighted by molar-refractivity contribution is -0.384. The topological polar surface area (TPSA) is 133 Å². The highest BCUT2D eigenvalue weighted by molar-refractivity contribution is 5.94. The highest BCUT2D eigenvalue weighted by atomic mass is 16.6. The molecule has 0 amide bonds. The van der Waals surface area contributed by atoms with Gasteiger partial charge in [-0.05, 0) is 60.9 Å². The van der Waals surface area contributed by atoms with Crippen LogP contribution in [-0.2, 0) is 13.1 Å². The van der Waals surface area contributed by atoms with E-state index in [0.29, 0.717) is 31.9 Å². The van der Waals surface area contributed by atoms with Crippen molar-refractivity contribution >= 4 is 29.6 Å². The normalized spacial score (nSPS) is 10.8. The van der Waals surface area contributed by atoms with Crippen molar-refractivity contribution in [1.82, 2.24) is 14.8 Å². The largest absolute Gasteiger partial charge is 0.494 e. The van der Waals surface area contributed by atoms with Gasteiger partial charge >= 0.3 is 0 Å². The average molecular weight is 543 g/mol. The number of carbonyl (C=O) groups excluding carboxylic acids is 1. The van der Waals surface area contributed by atoms with E-state index in [0.717, 1.165) is 27.3 Å². The van der Waals surface area contributed by atoms with Crippen molar-refractivity contribution in [1.29, 1.82) is 0 Å². The summed E-state index contributed by atoms with van der Waals surface area (Å²) in [7, 11) is 0. The van der Waals surface area contributed by atoms with Crippen LogP contribution in [0.3, 0.4) is 0 Å². The van der Waals surface area contributed by atoms with Crippen LogP contribution in [0.4, 0.5) is 17.6 Å². The molecule has 2 N–H and O–H groups in total. The summed E-state index contributed by atoms with van der Waals surface area (Å²) in [6.45, 7) is 5.86. The fourth-order valence-electron chi connectivity index (χ4n) is 3.74. The van der Waals surface area contributed by atoms with Crippen LogP contribution < -0.4 is 20.1 Å². The third-order valence-electron chi connectivity index (χ3n) is 5.69. The molecule has 0 aliphatic carbocycles. The summed E-state index contributed by atoms with van der Waals surface area (Å²) in [5.41, 5.74) is 2.40. The number of carbonyl (C=O) groups is 1. The molecule has 11 heteroatoms. The first-order valence-corrected chi connectivity index (χ1v) is 12.8. The maximum Gasteiger partial charge on any atom is 0.274 e. The van der Waals surface area contributed by atoms with Crippen LogP contribution in [0, 0.1) is 10.1 Å². The third-order valence-corrected chi connectivity index (χ3v) is 5.69. The number of nitro benzene ring substituents is 1. The van der Waals surface area contributed by atoms with Crippen molar-refractivity contribution in [2.75, 3.05) is 23.8 Å². The van der Waals surface area contributed by atoms with Crippen LogP contribution in [0.2, 0.25) is 0 Å². The zero-order valence-electron chi connectivity index (χ0n) is 22.2. The number of hydrogen-bond acceptors (Lipinski definition) is 9. The molecule has 11 nitrogen and oxygen atoms in total. The second-order valence-corrected chi connectivity index (χ2v) is 8.56. The van der Waals surface area contributed by atoms with Gasteiger partial charge in [-0.15, -0.1) is 5.10 Å². The highest BCUT2D eigenvalue weighted by Gasteiger charge is 2.15. The molecule has 0 saturated carbocycles. The molecule has 40 heavy (non-hydrogen) atoms. The number of benzene rings is 3. The van der Waals surface area contributed by atoms with Gasteiger partial charge in [0.05, 0.1) is 18.1 Å². The van der Waals surface area contributed by atoms with E-state index in [2.05, 4.69) is 20.7 Å². The molecule has 0 unspecified atom stereocenters. The smallest absolute Gasteiger partial charge is 0.274 e. The second-order valence-electron chi connectivity index (χ2n) is 8.56. The number of nitrogens with one attached hydrogen (secondary N) is 2. The standard InChI is InChI=1S/C29H30N6O5/c1-3-39-25-13-8-22(9-14-25)19-30-28-32-29(31-20-23-10-15-26(16-11-23)40-4-2)34(33-28)27(36)17-12-21-6-5-7-24(18-21)35(37)38/h5-18H,3-4,19-20H2,1-2H3,(H2,30,31,32,33). The van der Waals surface area contributed by atoms with Gasteiger partial charge < -0.3 is 20.1 Å². The highest BCUT2D eigenvalue weighted by Crippen LogP contribution is 2.18. The van der Waals surface area contributed by atoms with Gasteiger partial charge in [0.25, 0.3) is 11.6 Å². The quantitative estimate of drug-likeness (QED) is 0.126. The van der Waals surface area contributed by atoms with Crippen LogP contribution in [-0.4, -0.2) is 38.8 Å². The summed E-state index contributed by atoms with van der Waals surface area (Å²) >= 11 is 0. The molecule has 0 aliphatic rings. The maximum atomic E-state index is 13.1. The van der Waals surface area contributed by atoms with Crippen molar-refractivity contribution in [2.24, 2.45) is 0 Å². The number of allylic oxidation sites excluding steroid dienone is 1. The Kier molecular flexibility index (Phi) is 9.44. The number of ether oxygens (including phenoxy) is 2. The molecule has 1 aromatic heterocycles. The van der Waals surface area contributed by atoms with E-state index < -0.39 is 10.8 Å². The molecular formula is C29H30N6O5. The summed E-state index contributed by atoms with van der Waals surface area (Å²) in [6.07, 6.45) is 2.80. The van der Waals surface area contributed by atoms with Gasteiger partial charge in [-0.2, -0.15) is 9.67 Å². The summed E-state index contributed by atoms with van der Waals surface area (Å²) in [5.74, 6) is 1.60. The fraction of sp³-hybridized carbons (Fsp3) is 0.207. The SMILES string of the molecule is CCOc1ccc(CNc2nc(NCc3ccc(OCC)cc3)n(C(=O)C=Cc3cccc([N+](=O)[O-])c3)n2)cc1. The molecule has 0 fully saturated rings. The summed E-state index contributed by atoms with van der Waals surface area (Å²) < 4.78 is 12.1. The van der Waals surface area contributed by atoms with Crippen LogP contribution >= 0.6 is 0 Å². The molecule has 0 aliphatic heterocycles. The van der Waals surface area contributed by atoms with E-state index in [-0.39, 0.29) is 17.6 Å². The lowest BCUT2D eigenvalue weighted by Crippen LogP contribution is -2.14. The minimum Gasteiger partial charge on any atom is -0.494 e. The predicted octanol–water partition coefficient (Wildman–Crippen LogP) is 5.56. The minimum absolute atomic E-state index is 0.0613. The lowest BCUT2D eigenvalue weighted by atomic mass is 10.2. The molecule has 0 atom stereocenters. The average Bonchev–Trinajstić information content (AvgIpc) is 3.39. The number of nitro groups is 1. The molecule has 3 aromatic carbocycles. The van der Waals surface area contributed by atoms with Gasteiger partial charge in [0.1, 0.15) is 11.5 Å². The molecule has 1 heterocycles. The minimum atomic E-state index is -0.484. The molecule has 0 radical (unpaired) electrons. The van der Waals surface area contributed by atoms with E-state index >= 15 is 0 Å². The van der Waals surface area contributed by atoms with Gasteiger partial charge in [-0.1, -0.05) is 36.4 Å². The summed E-state index contributed by atoms with van der Waals surface area (Å²) in [6, 6.07) is 21.3. The van der Waals surface area contributed by atoms with Gasteiger partial charge in [-0.25, -0.2) is 0 Å². The zero-order chi connectivity index (χ0) is 28.3. The van der Waals surface area contributed by atoms with Gasteiger partial charge in [0.2, 0.25) is 11.9 Å². The lowest BCUT2D eigenvalue weighted by Gasteiger charge is -2.07. The first kappa shape index (κ1) is 27.8. The van der Waals surface area contributed by atoms with Crippen LogP contribution in [0.1, 0.15) is 35.3 Å². The van der Waals surface area contributed by atoms with E-state index in [1.807, 2.05) is 62.4 Å². The number of hydrogen-bond donors (Lipinski definition) is 2. The Morgan fingerprint density at radius 3 is 2.10 bits per heavy atom. The third kappa shape index (κ3) is 7.67. The Morgan fingerprint density at radius 2 is 1.52 bits per heavy atom. The molecule has 0 spiro atoms. The Balaban J connectivity index is 1.51. The predicted molar refractivity (Wildman–Crippen MR) is 153 cm³/mol. The van der Waals surface area contributed by atoms with Crippen LogP contribution in [0.5, 0.6) is 11.5 Å². The number of anilines is 2. The van der Waals surface area contributed by atoms with Crippen molar-refractivity contribution in [3.63, 3.8) is 0 Å². The monoisotopic (exact) mass is 542 g/mol.